The fraction of sp³-hybridized carbons (Fsp3) is 0.333. The van der Waals surface area contributed by atoms with E-state index in [0.29, 0.717) is 6.04 Å². The van der Waals surface area contributed by atoms with Crippen LogP contribution in [0.25, 0.3) is 0 Å². The monoisotopic (exact) mass is 279 g/mol. The third kappa shape index (κ3) is 3.84. The Morgan fingerprint density at radius 2 is 2.17 bits per heavy atom. The highest BCUT2D eigenvalue weighted by molar-refractivity contribution is 7.09. The molecule has 0 saturated carbocycles. The Balaban J connectivity index is 1.89. The van der Waals surface area contributed by atoms with Crippen molar-refractivity contribution in [2.24, 2.45) is 0 Å². The zero-order chi connectivity index (χ0) is 12.8. The molecule has 0 aliphatic heterocycles. The lowest BCUT2D eigenvalue weighted by atomic mass is 10.0. The first-order valence-corrected chi connectivity index (χ1v) is 7.50. The van der Waals surface area contributed by atoms with Gasteiger partial charge in [-0.25, -0.2) is 0 Å². The maximum Gasteiger partial charge on any atom is 0.0409 e. The molecule has 2 aromatic rings. The van der Waals surface area contributed by atoms with Gasteiger partial charge in [0, 0.05) is 15.9 Å². The molecule has 1 unspecified atom stereocenters. The molecule has 0 bridgehead atoms. The fourth-order valence-corrected chi connectivity index (χ4v) is 3.09. The molecule has 0 saturated heterocycles. The molecule has 3 heteroatoms. The second-order valence-electron chi connectivity index (χ2n) is 4.37. The van der Waals surface area contributed by atoms with E-state index >= 15 is 0 Å². The van der Waals surface area contributed by atoms with E-state index in [0.717, 1.165) is 17.9 Å². The molecular formula is C15H18ClNS. The van der Waals surface area contributed by atoms with Gasteiger partial charge in [-0.05, 0) is 55.5 Å². The van der Waals surface area contributed by atoms with Crippen LogP contribution < -0.4 is 5.32 Å². The molecule has 1 N–H and O–H groups in total. The van der Waals surface area contributed by atoms with Crippen molar-refractivity contribution in [3.05, 3.63) is 57.2 Å². The highest BCUT2D eigenvalue weighted by Gasteiger charge is 2.09. The number of benzene rings is 1. The lowest BCUT2D eigenvalue weighted by molar-refractivity contribution is 0.528. The molecule has 0 aliphatic carbocycles. The Morgan fingerprint density at radius 1 is 1.28 bits per heavy atom. The number of hydrogen-bond acceptors (Lipinski definition) is 2. The predicted octanol–water partition coefficient (Wildman–Crippen LogP) is 4.68. The van der Waals surface area contributed by atoms with Crippen molar-refractivity contribution in [3.63, 3.8) is 0 Å². The van der Waals surface area contributed by atoms with Crippen LogP contribution in [-0.2, 0) is 6.42 Å². The number of aryl methyl sites for hydroxylation is 1. The first kappa shape index (κ1) is 13.6. The molecule has 0 amide bonds. The molecule has 1 nitrogen and oxygen atoms in total. The Kier molecular flexibility index (Phi) is 5.24. The summed E-state index contributed by atoms with van der Waals surface area (Å²) in [5.41, 5.74) is 1.27. The summed E-state index contributed by atoms with van der Waals surface area (Å²) in [5, 5.41) is 6.32. The van der Waals surface area contributed by atoms with Crippen molar-refractivity contribution in [3.8, 4) is 0 Å². The van der Waals surface area contributed by atoms with E-state index in [9.17, 15) is 0 Å². The molecule has 1 atom stereocenters. The summed E-state index contributed by atoms with van der Waals surface area (Å²) in [6, 6.07) is 12.8. The minimum Gasteiger partial charge on any atom is -0.313 e. The topological polar surface area (TPSA) is 12.0 Å². The molecule has 1 heterocycles. The van der Waals surface area contributed by atoms with Crippen LogP contribution in [-0.4, -0.2) is 7.05 Å². The molecule has 0 radical (unpaired) electrons. The van der Waals surface area contributed by atoms with Gasteiger partial charge in [-0.2, -0.15) is 0 Å². The lowest BCUT2D eigenvalue weighted by Crippen LogP contribution is -2.16. The summed E-state index contributed by atoms with van der Waals surface area (Å²) >= 11 is 7.87. The van der Waals surface area contributed by atoms with E-state index in [1.165, 1.54) is 16.9 Å². The molecule has 0 fully saturated rings. The van der Waals surface area contributed by atoms with Crippen LogP contribution in [0, 0.1) is 0 Å². The minimum atomic E-state index is 0.392. The van der Waals surface area contributed by atoms with E-state index in [1.807, 2.05) is 36.6 Å². The summed E-state index contributed by atoms with van der Waals surface area (Å²) in [6.07, 6.45) is 3.49. The standard InChI is InChI=1S/C15H18ClNS/c1-17-15(12-5-2-6-13(16)11-12)9-3-7-14-8-4-10-18-14/h2,4-6,8,10-11,15,17H,3,7,9H2,1H3. The highest BCUT2D eigenvalue weighted by Crippen LogP contribution is 2.23. The van der Waals surface area contributed by atoms with Gasteiger partial charge in [0.25, 0.3) is 0 Å². The minimum absolute atomic E-state index is 0.392. The fourth-order valence-electron chi connectivity index (χ4n) is 2.14. The second-order valence-corrected chi connectivity index (χ2v) is 5.84. The Labute approximate surface area is 118 Å². The molecule has 96 valence electrons. The normalized spacial score (nSPS) is 12.6. The summed E-state index contributed by atoms with van der Waals surface area (Å²) in [4.78, 5) is 1.47. The third-order valence-electron chi connectivity index (χ3n) is 3.10. The van der Waals surface area contributed by atoms with Gasteiger partial charge in [-0.15, -0.1) is 11.3 Å². The summed E-state index contributed by atoms with van der Waals surface area (Å²) in [6.45, 7) is 0. The first-order chi connectivity index (χ1) is 8.79. The van der Waals surface area contributed by atoms with Crippen LogP contribution in [0.4, 0.5) is 0 Å². The van der Waals surface area contributed by atoms with Crippen LogP contribution >= 0.6 is 22.9 Å². The van der Waals surface area contributed by atoms with Gasteiger partial charge in [0.05, 0.1) is 0 Å². The molecule has 0 aliphatic rings. The Hall–Kier alpha value is -0.830. The number of halogens is 1. The Bertz CT molecular complexity index is 467. The van der Waals surface area contributed by atoms with Gasteiger partial charge in [0.15, 0.2) is 0 Å². The lowest BCUT2D eigenvalue weighted by Gasteiger charge is -2.16. The van der Waals surface area contributed by atoms with Crippen LogP contribution in [0.15, 0.2) is 41.8 Å². The van der Waals surface area contributed by atoms with Crippen molar-refractivity contribution in [1.29, 1.82) is 0 Å². The van der Waals surface area contributed by atoms with Crippen molar-refractivity contribution in [1.82, 2.24) is 5.32 Å². The molecule has 1 aromatic heterocycles. The van der Waals surface area contributed by atoms with Gasteiger partial charge in [-0.1, -0.05) is 29.8 Å². The zero-order valence-corrected chi connectivity index (χ0v) is 12.1. The Morgan fingerprint density at radius 3 is 2.83 bits per heavy atom. The van der Waals surface area contributed by atoms with Crippen molar-refractivity contribution in [2.75, 3.05) is 7.05 Å². The van der Waals surface area contributed by atoms with Crippen LogP contribution in [0.2, 0.25) is 5.02 Å². The molecule has 18 heavy (non-hydrogen) atoms. The average Bonchev–Trinajstić information content (AvgIpc) is 2.88. The van der Waals surface area contributed by atoms with Gasteiger partial charge in [0.1, 0.15) is 0 Å². The second kappa shape index (κ2) is 6.93. The average molecular weight is 280 g/mol. The number of nitrogens with one attached hydrogen (secondary N) is 1. The summed E-state index contributed by atoms with van der Waals surface area (Å²) in [5.74, 6) is 0. The SMILES string of the molecule is CNC(CCCc1cccs1)c1cccc(Cl)c1. The molecule has 1 aromatic carbocycles. The number of rotatable bonds is 6. The van der Waals surface area contributed by atoms with Gasteiger partial charge in [-0.3, -0.25) is 0 Å². The third-order valence-corrected chi connectivity index (χ3v) is 4.27. The summed E-state index contributed by atoms with van der Waals surface area (Å²) < 4.78 is 0. The van der Waals surface area contributed by atoms with E-state index in [1.54, 1.807) is 0 Å². The van der Waals surface area contributed by atoms with Crippen LogP contribution in [0.1, 0.15) is 29.3 Å². The van der Waals surface area contributed by atoms with Crippen molar-refractivity contribution in [2.45, 2.75) is 25.3 Å². The van der Waals surface area contributed by atoms with Crippen molar-refractivity contribution < 1.29 is 0 Å². The maximum atomic E-state index is 6.04. The van der Waals surface area contributed by atoms with E-state index in [4.69, 9.17) is 11.6 Å². The van der Waals surface area contributed by atoms with E-state index in [2.05, 4.69) is 28.9 Å². The molecule has 2 rings (SSSR count). The number of thiophene rings is 1. The van der Waals surface area contributed by atoms with Crippen molar-refractivity contribution >= 4 is 22.9 Å². The van der Waals surface area contributed by atoms with Gasteiger partial charge >= 0.3 is 0 Å². The first-order valence-electron chi connectivity index (χ1n) is 6.24. The van der Waals surface area contributed by atoms with Crippen LogP contribution in [0.3, 0.4) is 0 Å². The predicted molar refractivity (Wildman–Crippen MR) is 80.5 cm³/mol. The highest BCUT2D eigenvalue weighted by atomic mass is 35.5. The zero-order valence-electron chi connectivity index (χ0n) is 10.5. The smallest absolute Gasteiger partial charge is 0.0409 e. The van der Waals surface area contributed by atoms with E-state index in [-0.39, 0.29) is 0 Å². The largest absolute Gasteiger partial charge is 0.313 e. The van der Waals surface area contributed by atoms with Gasteiger partial charge in [0.2, 0.25) is 0 Å². The van der Waals surface area contributed by atoms with E-state index < -0.39 is 0 Å². The number of hydrogen-bond donors (Lipinski definition) is 1. The molecular weight excluding hydrogens is 262 g/mol. The quantitative estimate of drug-likeness (QED) is 0.809. The van der Waals surface area contributed by atoms with Gasteiger partial charge < -0.3 is 5.32 Å². The molecule has 0 spiro atoms. The maximum absolute atomic E-state index is 6.04. The van der Waals surface area contributed by atoms with Crippen LogP contribution in [0.5, 0.6) is 0 Å². The summed E-state index contributed by atoms with van der Waals surface area (Å²) in [7, 11) is 2.01.